The maximum atomic E-state index is 5.56. The molecule has 0 spiro atoms. The summed E-state index contributed by atoms with van der Waals surface area (Å²) in [6.45, 7) is 1.37. The van der Waals surface area contributed by atoms with Crippen LogP contribution in [-0.4, -0.2) is 41.1 Å². The van der Waals surface area contributed by atoms with Gasteiger partial charge in [0.05, 0.1) is 12.3 Å². The van der Waals surface area contributed by atoms with Crippen LogP contribution in [-0.2, 0) is 4.74 Å². The number of nitrogens with zero attached hydrogens (tertiary/aromatic N) is 3. The quantitative estimate of drug-likeness (QED) is 0.762. The number of anilines is 1. The van der Waals surface area contributed by atoms with Gasteiger partial charge in [0.1, 0.15) is 12.7 Å². The Bertz CT molecular complexity index is 483. The van der Waals surface area contributed by atoms with E-state index in [1.54, 1.807) is 18.1 Å². The van der Waals surface area contributed by atoms with Gasteiger partial charge in [-0.15, -0.1) is 0 Å². The van der Waals surface area contributed by atoms with Crippen molar-refractivity contribution in [3.05, 3.63) is 36.9 Å². The topological polar surface area (TPSA) is 78.0 Å². The molecule has 1 aromatic heterocycles. The number of rotatable bonds is 8. The zero-order valence-corrected chi connectivity index (χ0v) is 11.7. The summed E-state index contributed by atoms with van der Waals surface area (Å²) in [7, 11) is 1.71. The van der Waals surface area contributed by atoms with Crippen LogP contribution in [0.2, 0.25) is 0 Å². The van der Waals surface area contributed by atoms with Gasteiger partial charge >= 0.3 is 0 Å². The van der Waals surface area contributed by atoms with E-state index in [0.717, 1.165) is 24.2 Å². The minimum absolute atomic E-state index is 0.278. The highest BCUT2D eigenvalue weighted by atomic mass is 16.5. The minimum atomic E-state index is 0.278. The van der Waals surface area contributed by atoms with E-state index in [2.05, 4.69) is 15.4 Å². The number of benzene rings is 1. The first-order chi connectivity index (χ1) is 9.83. The van der Waals surface area contributed by atoms with E-state index in [4.69, 9.17) is 10.5 Å². The van der Waals surface area contributed by atoms with Gasteiger partial charge in [-0.25, -0.2) is 9.67 Å². The second kappa shape index (κ2) is 7.62. The van der Waals surface area contributed by atoms with Gasteiger partial charge in [0.15, 0.2) is 0 Å². The molecule has 2 aromatic rings. The van der Waals surface area contributed by atoms with Gasteiger partial charge < -0.3 is 15.8 Å². The van der Waals surface area contributed by atoms with Gasteiger partial charge in [0.25, 0.3) is 0 Å². The van der Waals surface area contributed by atoms with E-state index in [0.29, 0.717) is 13.2 Å². The van der Waals surface area contributed by atoms with Crippen molar-refractivity contribution < 1.29 is 4.74 Å². The van der Waals surface area contributed by atoms with Crippen LogP contribution in [0.5, 0.6) is 0 Å². The molecule has 6 heteroatoms. The summed E-state index contributed by atoms with van der Waals surface area (Å²) in [5.41, 5.74) is 7.60. The average Bonchev–Trinajstić information content (AvgIpc) is 3.00. The van der Waals surface area contributed by atoms with E-state index < -0.39 is 0 Å². The molecular weight excluding hydrogens is 254 g/mol. The summed E-state index contributed by atoms with van der Waals surface area (Å²) in [5.74, 6) is 0. The van der Waals surface area contributed by atoms with Crippen LogP contribution in [0.25, 0.3) is 5.69 Å². The summed E-state index contributed by atoms with van der Waals surface area (Å²) in [4.78, 5) is 3.94. The van der Waals surface area contributed by atoms with Crippen LogP contribution >= 0.6 is 0 Å². The molecule has 3 N–H and O–H groups in total. The van der Waals surface area contributed by atoms with Crippen molar-refractivity contribution in [3.8, 4) is 5.69 Å². The molecule has 1 atom stereocenters. The molecule has 1 heterocycles. The van der Waals surface area contributed by atoms with E-state index in [1.807, 2.05) is 24.3 Å². The fourth-order valence-electron chi connectivity index (χ4n) is 2.05. The average molecular weight is 275 g/mol. The fraction of sp³-hybridized carbons (Fsp3) is 0.429. The molecule has 0 aliphatic heterocycles. The number of nitrogens with one attached hydrogen (secondary N) is 1. The Hall–Kier alpha value is -1.92. The molecule has 0 fully saturated rings. The van der Waals surface area contributed by atoms with E-state index in [-0.39, 0.29) is 6.04 Å². The van der Waals surface area contributed by atoms with Gasteiger partial charge in [-0.1, -0.05) is 0 Å². The van der Waals surface area contributed by atoms with Crippen molar-refractivity contribution in [1.82, 2.24) is 14.8 Å². The lowest BCUT2D eigenvalue weighted by Crippen LogP contribution is -2.25. The molecule has 0 saturated carbocycles. The number of hydrogen-bond acceptors (Lipinski definition) is 5. The zero-order chi connectivity index (χ0) is 14.2. The number of nitrogens with two attached hydrogens (primary N) is 1. The monoisotopic (exact) mass is 275 g/mol. The van der Waals surface area contributed by atoms with Crippen LogP contribution in [0.15, 0.2) is 36.9 Å². The van der Waals surface area contributed by atoms with Gasteiger partial charge in [-0.05, 0) is 43.7 Å². The minimum Gasteiger partial charge on any atom is -0.383 e. The van der Waals surface area contributed by atoms with Gasteiger partial charge in [0, 0.05) is 18.8 Å². The Morgan fingerprint density at radius 3 is 2.75 bits per heavy atom. The molecule has 0 bridgehead atoms. The molecule has 20 heavy (non-hydrogen) atoms. The molecule has 108 valence electrons. The second-order valence-electron chi connectivity index (χ2n) is 4.61. The molecule has 6 nitrogen and oxygen atoms in total. The zero-order valence-electron chi connectivity index (χ0n) is 11.7. The predicted octanol–water partition coefficient (Wildman–Crippen LogP) is 1.43. The Morgan fingerprint density at radius 1 is 1.35 bits per heavy atom. The third-order valence-electron chi connectivity index (χ3n) is 3.05. The number of hydrogen-bond donors (Lipinski definition) is 2. The largest absolute Gasteiger partial charge is 0.383 e. The normalized spacial score (nSPS) is 12.3. The molecule has 1 aromatic carbocycles. The number of ether oxygens (including phenoxy) is 1. The lowest BCUT2D eigenvalue weighted by molar-refractivity contribution is 0.182. The van der Waals surface area contributed by atoms with Crippen molar-refractivity contribution in [1.29, 1.82) is 0 Å². The molecule has 0 aliphatic carbocycles. The van der Waals surface area contributed by atoms with Crippen LogP contribution in [0.1, 0.15) is 12.8 Å². The summed E-state index contributed by atoms with van der Waals surface area (Å²) in [6.07, 6.45) is 5.18. The van der Waals surface area contributed by atoms with Crippen molar-refractivity contribution in [2.75, 3.05) is 25.6 Å². The van der Waals surface area contributed by atoms with Crippen molar-refractivity contribution in [2.24, 2.45) is 5.73 Å². The molecule has 0 aliphatic rings. The van der Waals surface area contributed by atoms with Crippen molar-refractivity contribution in [2.45, 2.75) is 18.9 Å². The lowest BCUT2D eigenvalue weighted by atomic mass is 10.1. The number of aromatic nitrogens is 3. The van der Waals surface area contributed by atoms with E-state index in [1.165, 1.54) is 6.33 Å². The van der Waals surface area contributed by atoms with Gasteiger partial charge in [0.2, 0.25) is 0 Å². The molecule has 2 rings (SSSR count). The first-order valence-corrected chi connectivity index (χ1v) is 6.74. The summed E-state index contributed by atoms with van der Waals surface area (Å²) >= 11 is 0. The molecule has 1 unspecified atom stereocenters. The van der Waals surface area contributed by atoms with E-state index in [9.17, 15) is 0 Å². The van der Waals surface area contributed by atoms with Gasteiger partial charge in [-0.2, -0.15) is 5.10 Å². The Kier molecular flexibility index (Phi) is 5.52. The van der Waals surface area contributed by atoms with Crippen molar-refractivity contribution >= 4 is 5.69 Å². The van der Waals surface area contributed by atoms with Crippen molar-refractivity contribution in [3.63, 3.8) is 0 Å². The molecule has 0 amide bonds. The lowest BCUT2D eigenvalue weighted by Gasteiger charge is -2.19. The standard InChI is InChI=1S/C14H21N5O/c1-20-9-13(3-2-8-15)18-12-4-6-14(7-5-12)19-11-16-10-17-19/h4-7,10-11,13,18H,2-3,8-9,15H2,1H3. The Morgan fingerprint density at radius 2 is 2.15 bits per heavy atom. The smallest absolute Gasteiger partial charge is 0.138 e. The third-order valence-corrected chi connectivity index (χ3v) is 3.05. The maximum Gasteiger partial charge on any atom is 0.138 e. The summed E-state index contributed by atoms with van der Waals surface area (Å²) in [6, 6.07) is 8.35. The summed E-state index contributed by atoms with van der Waals surface area (Å²) in [5, 5.41) is 7.56. The van der Waals surface area contributed by atoms with Crippen LogP contribution in [0.4, 0.5) is 5.69 Å². The SMILES string of the molecule is COCC(CCCN)Nc1ccc(-n2cncn2)cc1. The Labute approximate surface area is 119 Å². The highest BCUT2D eigenvalue weighted by Crippen LogP contribution is 2.14. The first-order valence-electron chi connectivity index (χ1n) is 6.74. The first kappa shape index (κ1) is 14.5. The van der Waals surface area contributed by atoms with Gasteiger partial charge in [-0.3, -0.25) is 0 Å². The fourth-order valence-corrected chi connectivity index (χ4v) is 2.05. The Balaban J connectivity index is 1.98. The van der Waals surface area contributed by atoms with Crippen LogP contribution in [0, 0.1) is 0 Å². The van der Waals surface area contributed by atoms with E-state index >= 15 is 0 Å². The molecular formula is C14H21N5O. The highest BCUT2D eigenvalue weighted by molar-refractivity contribution is 5.49. The maximum absolute atomic E-state index is 5.56. The number of methoxy groups -OCH3 is 1. The van der Waals surface area contributed by atoms with Crippen LogP contribution < -0.4 is 11.1 Å². The molecule has 0 radical (unpaired) electrons. The third kappa shape index (κ3) is 4.04. The second-order valence-corrected chi connectivity index (χ2v) is 4.61. The molecule has 0 saturated heterocycles. The summed E-state index contributed by atoms with van der Waals surface area (Å²) < 4.78 is 6.96. The predicted molar refractivity (Wildman–Crippen MR) is 78.9 cm³/mol. The van der Waals surface area contributed by atoms with Crippen LogP contribution in [0.3, 0.4) is 0 Å². The highest BCUT2D eigenvalue weighted by Gasteiger charge is 2.08.